The highest BCUT2D eigenvalue weighted by atomic mass is 16.6. The molecule has 4 rings (SSSR count). The molecule has 1 saturated heterocycles. The first kappa shape index (κ1) is 28.7. The van der Waals surface area contributed by atoms with E-state index in [-0.39, 0.29) is 18.4 Å². The zero-order valence-corrected chi connectivity index (χ0v) is 23.4. The van der Waals surface area contributed by atoms with Crippen LogP contribution in [0, 0.1) is 0 Å². The number of anilines is 1. The molecule has 3 aromatic rings. The van der Waals surface area contributed by atoms with E-state index in [1.165, 1.54) is 12.0 Å². The maximum absolute atomic E-state index is 14.5. The second-order valence-electron chi connectivity index (χ2n) is 11.0. The van der Waals surface area contributed by atoms with E-state index in [9.17, 15) is 14.4 Å². The van der Waals surface area contributed by atoms with Crippen LogP contribution in [0.3, 0.4) is 0 Å². The average molecular weight is 544 g/mol. The summed E-state index contributed by atoms with van der Waals surface area (Å²) in [6.07, 6.45) is 0.862. The molecule has 2 N–H and O–H groups in total. The van der Waals surface area contributed by atoms with Crippen molar-refractivity contribution in [3.8, 4) is 5.75 Å². The van der Waals surface area contributed by atoms with Gasteiger partial charge in [0.2, 0.25) is 5.91 Å². The normalized spacial score (nSPS) is 19.4. The van der Waals surface area contributed by atoms with Gasteiger partial charge in [-0.15, -0.1) is 0 Å². The molecular formula is C32H37N3O5. The van der Waals surface area contributed by atoms with Gasteiger partial charge in [-0.05, 0) is 62.8 Å². The van der Waals surface area contributed by atoms with Crippen LogP contribution in [0.25, 0.3) is 0 Å². The fourth-order valence-corrected chi connectivity index (χ4v) is 5.33. The Bertz CT molecular complexity index is 1320. The number of likely N-dealkylation sites (tertiary alicyclic amines) is 1. The number of benzene rings is 3. The maximum atomic E-state index is 14.5. The SMILES string of the molecule is COc1cccc(N(C(N)=O)C2CC(c3ccccc3)CC(c3ccccc3)N(CC(=O)OC(C)(C)C)C2=O)c1. The Hall–Kier alpha value is -4.33. The fourth-order valence-electron chi connectivity index (χ4n) is 5.33. The van der Waals surface area contributed by atoms with Crippen LogP contribution in [0.1, 0.15) is 56.7 Å². The van der Waals surface area contributed by atoms with Crippen LogP contribution in [0.15, 0.2) is 84.9 Å². The molecule has 0 spiro atoms. The van der Waals surface area contributed by atoms with E-state index in [0.717, 1.165) is 11.1 Å². The molecule has 0 aliphatic carbocycles. The quantitative estimate of drug-likeness (QED) is 0.400. The third kappa shape index (κ3) is 6.81. The topological polar surface area (TPSA) is 102 Å². The fraction of sp³-hybridized carbons (Fsp3) is 0.344. The summed E-state index contributed by atoms with van der Waals surface area (Å²) in [5.41, 5.74) is 7.60. The number of carbonyl (C=O) groups excluding carboxylic acids is 3. The number of rotatable bonds is 7. The molecule has 8 heteroatoms. The number of urea groups is 1. The second kappa shape index (κ2) is 12.2. The van der Waals surface area contributed by atoms with Gasteiger partial charge in [0.05, 0.1) is 18.8 Å². The number of esters is 1. The van der Waals surface area contributed by atoms with Gasteiger partial charge >= 0.3 is 12.0 Å². The first-order chi connectivity index (χ1) is 19.1. The van der Waals surface area contributed by atoms with E-state index in [1.807, 2.05) is 60.7 Å². The number of hydrogen-bond donors (Lipinski definition) is 1. The van der Waals surface area contributed by atoms with Crippen LogP contribution in [-0.2, 0) is 14.3 Å². The van der Waals surface area contributed by atoms with Crippen molar-refractivity contribution in [3.63, 3.8) is 0 Å². The van der Waals surface area contributed by atoms with Crippen molar-refractivity contribution in [3.05, 3.63) is 96.1 Å². The van der Waals surface area contributed by atoms with Crippen LogP contribution in [0.5, 0.6) is 5.75 Å². The molecule has 1 fully saturated rings. The predicted octanol–water partition coefficient (Wildman–Crippen LogP) is 5.44. The first-order valence-corrected chi connectivity index (χ1v) is 13.4. The Morgan fingerprint density at radius 2 is 1.55 bits per heavy atom. The van der Waals surface area contributed by atoms with Gasteiger partial charge in [-0.3, -0.25) is 14.5 Å². The molecule has 0 bridgehead atoms. The van der Waals surface area contributed by atoms with Crippen LogP contribution in [0.4, 0.5) is 10.5 Å². The highest BCUT2D eigenvalue weighted by molar-refractivity contribution is 6.00. The highest BCUT2D eigenvalue weighted by Crippen LogP contribution is 2.41. The molecule has 0 radical (unpaired) electrons. The van der Waals surface area contributed by atoms with Crippen molar-refractivity contribution in [1.82, 2.24) is 4.90 Å². The summed E-state index contributed by atoms with van der Waals surface area (Å²) in [4.78, 5) is 43.5. The van der Waals surface area contributed by atoms with Crippen LogP contribution in [-0.4, -0.2) is 48.1 Å². The molecule has 8 nitrogen and oxygen atoms in total. The number of nitrogens with zero attached hydrogens (tertiary/aromatic N) is 2. The molecule has 3 aromatic carbocycles. The van der Waals surface area contributed by atoms with Crippen molar-refractivity contribution in [2.45, 2.75) is 57.2 Å². The number of nitrogens with two attached hydrogens (primary N) is 1. The predicted molar refractivity (Wildman–Crippen MR) is 154 cm³/mol. The molecule has 3 atom stereocenters. The standard InChI is InChI=1S/C32H37N3O5/c1-32(2,3)40-29(36)21-34-27(23-14-9-6-10-15-23)18-24(22-12-7-5-8-13-22)19-28(30(34)37)35(31(33)38)25-16-11-17-26(20-25)39-4/h5-17,20,24,27-28H,18-19,21H2,1-4H3,(H2,33,38). The van der Waals surface area contributed by atoms with Gasteiger partial charge in [-0.25, -0.2) is 4.79 Å². The van der Waals surface area contributed by atoms with Gasteiger partial charge in [0.1, 0.15) is 23.9 Å². The first-order valence-electron chi connectivity index (χ1n) is 13.4. The van der Waals surface area contributed by atoms with E-state index in [2.05, 4.69) is 0 Å². The van der Waals surface area contributed by atoms with E-state index < -0.39 is 29.7 Å². The monoisotopic (exact) mass is 543 g/mol. The number of hydrogen-bond acceptors (Lipinski definition) is 5. The van der Waals surface area contributed by atoms with Gasteiger partial charge in [-0.1, -0.05) is 66.7 Å². The molecule has 1 aliphatic rings. The molecule has 210 valence electrons. The summed E-state index contributed by atoms with van der Waals surface area (Å²) < 4.78 is 11.0. The number of ether oxygens (including phenoxy) is 2. The molecule has 3 amide bonds. The van der Waals surface area contributed by atoms with E-state index in [0.29, 0.717) is 24.3 Å². The van der Waals surface area contributed by atoms with Gasteiger partial charge in [0.25, 0.3) is 0 Å². The summed E-state index contributed by atoms with van der Waals surface area (Å²) in [6, 6.07) is 24.3. The van der Waals surface area contributed by atoms with Crippen molar-refractivity contribution >= 4 is 23.6 Å². The molecule has 3 unspecified atom stereocenters. The molecule has 0 aromatic heterocycles. The molecular weight excluding hydrogens is 506 g/mol. The molecule has 40 heavy (non-hydrogen) atoms. The van der Waals surface area contributed by atoms with Gasteiger partial charge < -0.3 is 20.1 Å². The third-order valence-corrected chi connectivity index (χ3v) is 7.02. The van der Waals surface area contributed by atoms with Crippen molar-refractivity contribution in [1.29, 1.82) is 0 Å². The molecule has 1 heterocycles. The summed E-state index contributed by atoms with van der Waals surface area (Å²) >= 11 is 0. The maximum Gasteiger partial charge on any atom is 0.326 e. The van der Waals surface area contributed by atoms with Gasteiger partial charge in [-0.2, -0.15) is 0 Å². The van der Waals surface area contributed by atoms with Gasteiger partial charge in [0.15, 0.2) is 0 Å². The lowest BCUT2D eigenvalue weighted by Crippen LogP contribution is -2.53. The Balaban J connectivity index is 1.85. The minimum Gasteiger partial charge on any atom is -0.497 e. The summed E-state index contributed by atoms with van der Waals surface area (Å²) in [6.45, 7) is 5.10. The van der Waals surface area contributed by atoms with Crippen molar-refractivity contribution in [2.75, 3.05) is 18.6 Å². The van der Waals surface area contributed by atoms with Crippen LogP contribution < -0.4 is 15.4 Å². The van der Waals surface area contributed by atoms with Crippen LogP contribution in [0.2, 0.25) is 0 Å². The summed E-state index contributed by atoms with van der Waals surface area (Å²) in [7, 11) is 1.53. The van der Waals surface area contributed by atoms with Crippen molar-refractivity contribution in [2.24, 2.45) is 5.73 Å². The zero-order chi connectivity index (χ0) is 28.9. The largest absolute Gasteiger partial charge is 0.497 e. The average Bonchev–Trinajstić information content (AvgIpc) is 3.06. The number of methoxy groups -OCH3 is 1. The number of carbonyl (C=O) groups is 3. The Morgan fingerprint density at radius 3 is 2.12 bits per heavy atom. The molecule has 1 aliphatic heterocycles. The minimum absolute atomic E-state index is 0.114. The highest BCUT2D eigenvalue weighted by Gasteiger charge is 2.43. The number of amides is 3. The summed E-state index contributed by atoms with van der Waals surface area (Å²) in [5.74, 6) is -0.487. The van der Waals surface area contributed by atoms with Crippen molar-refractivity contribution < 1.29 is 23.9 Å². The molecule has 0 saturated carbocycles. The van der Waals surface area contributed by atoms with E-state index in [1.54, 1.807) is 49.9 Å². The van der Waals surface area contributed by atoms with E-state index >= 15 is 0 Å². The van der Waals surface area contributed by atoms with E-state index in [4.69, 9.17) is 15.2 Å². The van der Waals surface area contributed by atoms with Gasteiger partial charge in [0, 0.05) is 6.07 Å². The lowest BCUT2D eigenvalue weighted by atomic mass is 9.86. The number of primary amides is 1. The third-order valence-electron chi connectivity index (χ3n) is 7.02. The zero-order valence-electron chi connectivity index (χ0n) is 23.4. The smallest absolute Gasteiger partial charge is 0.326 e. The Labute approximate surface area is 235 Å². The summed E-state index contributed by atoms with van der Waals surface area (Å²) in [5, 5.41) is 0. The Morgan fingerprint density at radius 1 is 0.925 bits per heavy atom. The Kier molecular flexibility index (Phi) is 8.77. The second-order valence-corrected chi connectivity index (χ2v) is 11.0. The van der Waals surface area contributed by atoms with Crippen LogP contribution >= 0.6 is 0 Å². The lowest BCUT2D eigenvalue weighted by molar-refractivity contribution is -0.160. The minimum atomic E-state index is -0.967. The lowest BCUT2D eigenvalue weighted by Gasteiger charge is -2.35.